The van der Waals surface area contributed by atoms with Crippen molar-refractivity contribution in [2.75, 3.05) is 116 Å². The molecule has 0 unspecified atom stereocenters. The van der Waals surface area contributed by atoms with Crippen molar-refractivity contribution in [3.8, 4) is 23.3 Å². The van der Waals surface area contributed by atoms with Crippen LogP contribution in [0.25, 0.3) is 0 Å². The largest absolute Gasteiger partial charge is 0.436 e. The number of anilines is 11. The molecule has 3 aliphatic heterocycles. The summed E-state index contributed by atoms with van der Waals surface area (Å²) in [6.07, 6.45) is 12.7. The Hall–Kier alpha value is -11.6. The van der Waals surface area contributed by atoms with Crippen LogP contribution >= 0.6 is 0 Å². The van der Waals surface area contributed by atoms with Gasteiger partial charge >= 0.3 is 0 Å². The standard InChI is InChI=1S/C26H28F2N6O.2C26H27F2N5O2/c1-2-24(35)30-21-4-3-5-22(15-21)31-25-23(28)16-29-26(33-25)32-20-8-6-18(7-9-20)14-19-10-12-34(17-19)13-11-27;2*1-2-24(34)30-21-4-3-5-22(15-21)35-25-23(28)16-29-26(32-25)31-20-8-6-18(7-9-20)14-19-10-12-33(17-19)13-11-27/h2-9,15-16,19H,1,10-14,17H2,(H,30,35)(H2,29,31,32,33);2*2-9,15-16,19H,1,10-14,17H2,(H,30,34)(H,29,31,32)/t3*19-/m010/s1. The first-order chi connectivity index (χ1) is 51.1. The number of likely N-dealkylation sites (tertiary alicyclic amines) is 3. The minimum atomic E-state index is -0.718. The van der Waals surface area contributed by atoms with Gasteiger partial charge in [-0.15, -0.1) is 0 Å². The van der Waals surface area contributed by atoms with Crippen molar-refractivity contribution >= 4 is 81.2 Å². The van der Waals surface area contributed by atoms with Gasteiger partial charge in [-0.05, 0) is 190 Å². The van der Waals surface area contributed by atoms with Crippen molar-refractivity contribution in [3.63, 3.8) is 0 Å². The zero-order chi connectivity index (χ0) is 73.9. The van der Waals surface area contributed by atoms with Gasteiger partial charge in [0.15, 0.2) is 11.6 Å². The van der Waals surface area contributed by atoms with Crippen LogP contribution < -0.4 is 46.7 Å². The summed E-state index contributed by atoms with van der Waals surface area (Å²) in [5.74, 6) is -0.777. The van der Waals surface area contributed by atoms with Gasteiger partial charge in [0.25, 0.3) is 11.8 Å². The molecule has 0 radical (unpaired) electrons. The lowest BCUT2D eigenvalue weighted by Crippen LogP contribution is -2.23. The lowest BCUT2D eigenvalue weighted by molar-refractivity contribution is -0.112. The molecule has 0 bridgehead atoms. The highest BCUT2D eigenvalue weighted by atomic mass is 19.1. The number of nitrogens with one attached hydrogen (secondary N) is 7. The van der Waals surface area contributed by atoms with Crippen LogP contribution in [-0.2, 0) is 33.6 Å². The summed E-state index contributed by atoms with van der Waals surface area (Å²) in [6, 6.07) is 43.6. The summed E-state index contributed by atoms with van der Waals surface area (Å²) in [7, 11) is 0. The number of alkyl halides is 3. The second kappa shape index (κ2) is 38.6. The van der Waals surface area contributed by atoms with Gasteiger partial charge in [0, 0.05) is 91.2 Å². The monoisotopic (exact) mass is 1440 g/mol. The van der Waals surface area contributed by atoms with Gasteiger partial charge in [0.1, 0.15) is 31.5 Å². The fraction of sp³-hybridized carbons (Fsp3) is 0.269. The van der Waals surface area contributed by atoms with E-state index in [2.05, 4.69) is 102 Å². The fourth-order valence-electron chi connectivity index (χ4n) is 12.1. The Bertz CT molecular complexity index is 3960. The smallest absolute Gasteiger partial charge is 0.260 e. The Kier molecular flexibility index (Phi) is 28.0. The number of carbonyl (C=O) groups is 3. The van der Waals surface area contributed by atoms with Gasteiger partial charge in [0.2, 0.25) is 47.2 Å². The average molecular weight is 1440 g/mol. The molecule has 6 aromatic carbocycles. The molecule has 3 saturated heterocycles. The molecule has 3 aliphatic rings. The van der Waals surface area contributed by atoms with Gasteiger partial charge in [0.05, 0.1) is 18.6 Å². The summed E-state index contributed by atoms with van der Waals surface area (Å²) in [4.78, 5) is 65.6. The van der Waals surface area contributed by atoms with Crippen molar-refractivity contribution in [1.82, 2.24) is 44.6 Å². The zero-order valence-corrected chi connectivity index (χ0v) is 57.7. The van der Waals surface area contributed by atoms with Crippen LogP contribution in [-0.4, -0.2) is 141 Å². The van der Waals surface area contributed by atoms with E-state index < -0.39 is 17.5 Å². The van der Waals surface area contributed by atoms with E-state index in [1.165, 1.54) is 22.8 Å². The molecule has 21 nitrogen and oxygen atoms in total. The SMILES string of the molecule is C=CC(=O)Nc1cccc(Nc2nc(Nc3ccc(C[C@@H]4CCN(CCF)C4)cc3)ncc2F)c1.C=CC(=O)Nc1cccc(Oc2nc(Nc3ccc(C[C@@H]4CCN(CCF)C4)cc3)ncc2F)c1.C=CC(=O)Nc1cccc(Oc2nc(Nc3ccc(C[C@H]4CCN(CCF)C4)cc3)ncc2F)c1. The van der Waals surface area contributed by atoms with Crippen LogP contribution in [0, 0.1) is 35.2 Å². The molecule has 0 spiro atoms. The maximum absolute atomic E-state index is 14.4. The van der Waals surface area contributed by atoms with Crippen molar-refractivity contribution < 1.29 is 50.2 Å². The predicted octanol–water partition coefficient (Wildman–Crippen LogP) is 15.3. The summed E-state index contributed by atoms with van der Waals surface area (Å²) in [5.41, 5.74) is 7.97. The summed E-state index contributed by atoms with van der Waals surface area (Å²) >= 11 is 0. The van der Waals surface area contributed by atoms with Gasteiger partial charge in [-0.1, -0.05) is 74.3 Å². The minimum absolute atomic E-state index is 0.00499. The molecule has 3 atom stereocenters. The van der Waals surface area contributed by atoms with Gasteiger partial charge < -0.3 is 61.4 Å². The van der Waals surface area contributed by atoms with Crippen molar-refractivity contribution in [3.05, 3.63) is 236 Å². The number of benzene rings is 6. The number of amides is 3. The first-order valence-corrected chi connectivity index (χ1v) is 34.3. The van der Waals surface area contributed by atoms with Crippen LogP contribution in [0.4, 0.5) is 89.8 Å². The van der Waals surface area contributed by atoms with Crippen molar-refractivity contribution in [2.45, 2.75) is 38.5 Å². The highest BCUT2D eigenvalue weighted by Crippen LogP contribution is 2.32. The molecule has 3 aromatic heterocycles. The van der Waals surface area contributed by atoms with Crippen molar-refractivity contribution in [2.24, 2.45) is 17.8 Å². The molecule has 3 amide bonds. The molecule has 546 valence electrons. The van der Waals surface area contributed by atoms with Crippen LogP contribution in [0.5, 0.6) is 23.3 Å². The van der Waals surface area contributed by atoms with E-state index in [0.717, 1.165) is 126 Å². The molecular weight excluding hydrogens is 1350 g/mol. The Labute approximate surface area is 605 Å². The van der Waals surface area contributed by atoms with E-state index in [1.54, 1.807) is 72.8 Å². The third-order valence-corrected chi connectivity index (χ3v) is 17.3. The topological polar surface area (TPSA) is 241 Å². The summed E-state index contributed by atoms with van der Waals surface area (Å²) < 4.78 is 91.8. The maximum atomic E-state index is 14.4. The summed E-state index contributed by atoms with van der Waals surface area (Å²) in [5, 5.41) is 20.0. The van der Waals surface area contributed by atoms with E-state index in [-0.39, 0.29) is 73.2 Å². The highest BCUT2D eigenvalue weighted by Gasteiger charge is 2.25. The molecule has 0 aliphatic carbocycles. The van der Waals surface area contributed by atoms with Crippen LogP contribution in [0.1, 0.15) is 36.0 Å². The summed E-state index contributed by atoms with van der Waals surface area (Å²) in [6.45, 7) is 16.6. The molecule has 27 heteroatoms. The van der Waals surface area contributed by atoms with Crippen LogP contribution in [0.15, 0.2) is 202 Å². The second-order valence-corrected chi connectivity index (χ2v) is 25.1. The first kappa shape index (κ1) is 76.1. The number of ether oxygens (including phenoxy) is 2. The molecule has 3 fully saturated rings. The Morgan fingerprint density at radius 1 is 0.419 bits per heavy atom. The zero-order valence-electron chi connectivity index (χ0n) is 57.7. The third kappa shape index (κ3) is 24.0. The molecule has 0 saturated carbocycles. The number of nitrogens with zero attached hydrogens (tertiary/aromatic N) is 9. The molecule has 7 N–H and O–H groups in total. The minimum Gasteiger partial charge on any atom is -0.436 e. The number of rotatable bonds is 30. The quantitative estimate of drug-likeness (QED) is 0.0164. The van der Waals surface area contributed by atoms with Gasteiger partial charge in [-0.3, -0.25) is 14.4 Å². The lowest BCUT2D eigenvalue weighted by atomic mass is 9.98. The molecule has 6 heterocycles. The molecule has 12 rings (SSSR count). The number of halogens is 6. The van der Waals surface area contributed by atoms with Crippen LogP contribution in [0.3, 0.4) is 0 Å². The van der Waals surface area contributed by atoms with E-state index in [0.29, 0.717) is 71.6 Å². The number of aromatic nitrogens is 6. The Morgan fingerprint density at radius 2 is 0.752 bits per heavy atom. The highest BCUT2D eigenvalue weighted by molar-refractivity contribution is 6.00. The van der Waals surface area contributed by atoms with E-state index in [4.69, 9.17) is 9.47 Å². The third-order valence-electron chi connectivity index (χ3n) is 17.3. The average Bonchev–Trinajstić information content (AvgIpc) is 1.27. The first-order valence-electron chi connectivity index (χ1n) is 34.3. The second-order valence-electron chi connectivity index (χ2n) is 25.1. The Balaban J connectivity index is 0.000000169. The molecular formula is C78H82F6N16O5. The number of carbonyl (C=O) groups excluding carboxylic acids is 3. The Morgan fingerprint density at radius 3 is 1.11 bits per heavy atom. The number of hydrogen-bond acceptors (Lipinski definition) is 18. The van der Waals surface area contributed by atoms with E-state index in [1.807, 2.05) is 72.8 Å². The van der Waals surface area contributed by atoms with E-state index in [9.17, 15) is 40.7 Å². The fourth-order valence-corrected chi connectivity index (χ4v) is 12.1. The van der Waals surface area contributed by atoms with Gasteiger partial charge in [-0.25, -0.2) is 32.5 Å². The van der Waals surface area contributed by atoms with Gasteiger partial charge in [-0.2, -0.15) is 23.7 Å². The van der Waals surface area contributed by atoms with Crippen molar-refractivity contribution in [1.29, 1.82) is 0 Å². The predicted molar refractivity (Wildman–Crippen MR) is 397 cm³/mol. The molecule has 105 heavy (non-hydrogen) atoms. The molecule has 9 aromatic rings. The lowest BCUT2D eigenvalue weighted by Gasteiger charge is -2.14. The maximum Gasteiger partial charge on any atom is 0.260 e. The number of hydrogen-bond donors (Lipinski definition) is 7. The van der Waals surface area contributed by atoms with Crippen LogP contribution in [0.2, 0.25) is 0 Å². The van der Waals surface area contributed by atoms with E-state index >= 15 is 0 Å². The normalized spacial score (nSPS) is 15.5.